The second-order valence-electron chi connectivity index (χ2n) is 9.91. The topological polar surface area (TPSA) is 152 Å². The number of carboxylic acids is 1. The van der Waals surface area contributed by atoms with Gasteiger partial charge in [0, 0.05) is 18.1 Å². The van der Waals surface area contributed by atoms with Crippen LogP contribution in [0.15, 0.2) is 54.6 Å². The van der Waals surface area contributed by atoms with E-state index in [9.17, 15) is 24.3 Å². The largest absolute Gasteiger partial charge is 0.497 e. The fourth-order valence-electron chi connectivity index (χ4n) is 4.93. The summed E-state index contributed by atoms with van der Waals surface area (Å²) in [7, 11) is 1.54. The molecule has 2 aliphatic heterocycles. The number of aliphatic carboxylic acids is 1. The molecule has 0 bridgehead atoms. The maximum Gasteiger partial charge on any atom is 0.327 e. The van der Waals surface area contributed by atoms with Crippen LogP contribution in [-0.2, 0) is 25.6 Å². The van der Waals surface area contributed by atoms with Gasteiger partial charge in [0.2, 0.25) is 17.7 Å². The monoisotopic (exact) mass is 553 g/mol. The van der Waals surface area contributed by atoms with E-state index in [4.69, 9.17) is 10.1 Å². The van der Waals surface area contributed by atoms with Gasteiger partial charge in [-0.05, 0) is 37.1 Å². The highest BCUT2D eigenvalue weighted by Gasteiger charge is 2.64. The van der Waals surface area contributed by atoms with Crippen LogP contribution in [0.25, 0.3) is 0 Å². The third-order valence-electron chi connectivity index (χ3n) is 6.70. The zero-order valence-corrected chi connectivity index (χ0v) is 22.8. The number of carboxylic acid groups (broad SMARTS) is 1. The normalized spacial score (nSPS) is 21.7. The minimum absolute atomic E-state index is 0.0320. The molecule has 4 atom stereocenters. The summed E-state index contributed by atoms with van der Waals surface area (Å²) in [6.07, 6.45) is 0.143. The zero-order valence-electron chi connectivity index (χ0n) is 22.0. The third-order valence-corrected chi connectivity index (χ3v) is 8.28. The number of rotatable bonds is 8. The molecule has 39 heavy (non-hydrogen) atoms. The maximum absolute atomic E-state index is 13.7. The average Bonchev–Trinajstić information content (AvgIpc) is 3.15. The molecule has 2 heterocycles. The van der Waals surface area contributed by atoms with E-state index < -0.39 is 51.9 Å². The summed E-state index contributed by atoms with van der Waals surface area (Å²) in [4.78, 5) is 52.6. The van der Waals surface area contributed by atoms with Gasteiger partial charge in [-0.1, -0.05) is 42.5 Å². The van der Waals surface area contributed by atoms with E-state index in [1.165, 1.54) is 23.6 Å². The van der Waals surface area contributed by atoms with E-state index in [1.807, 2.05) is 6.07 Å². The molecule has 3 amide bonds. The molecule has 12 heteroatoms. The minimum atomic E-state index is -1.20. The van der Waals surface area contributed by atoms with Crippen molar-refractivity contribution in [2.24, 2.45) is 0 Å². The Morgan fingerprint density at radius 3 is 2.49 bits per heavy atom. The number of hydrogen-bond donors (Lipinski definition) is 4. The Balaban J connectivity index is 1.56. The van der Waals surface area contributed by atoms with Gasteiger partial charge in [0.25, 0.3) is 0 Å². The molecule has 4 N–H and O–H groups in total. The van der Waals surface area contributed by atoms with Crippen LogP contribution in [0.2, 0.25) is 0 Å². The second-order valence-corrected chi connectivity index (χ2v) is 11.7. The molecule has 2 fully saturated rings. The van der Waals surface area contributed by atoms with Gasteiger partial charge in [0.05, 0.1) is 7.11 Å². The number of nitrogens with one attached hydrogen (secondary N) is 3. The SMILES string of the molecule is COc1cccc(CC(=N)NN(C(C)=O)C(C(=O)NC2C(=O)N3[C@@H]2SC(C)(C)[C@@H]3C(=O)O)c2ccccc2)c1. The predicted octanol–water partition coefficient (Wildman–Crippen LogP) is 1.94. The lowest BCUT2D eigenvalue weighted by Gasteiger charge is -2.44. The van der Waals surface area contributed by atoms with Crippen molar-refractivity contribution >= 4 is 41.3 Å². The van der Waals surface area contributed by atoms with Gasteiger partial charge < -0.3 is 20.1 Å². The standard InChI is InChI=1S/C27H31N5O6S/c1-15(33)32(30-19(28)14-16-9-8-12-18(13-16)38-4)21(17-10-6-5-7-11-17)23(34)29-20-24(35)31-22(26(36)37)27(2,3)39-25(20)31/h5-13,20-22,25H,14H2,1-4H3,(H2,28,30)(H,29,34)(H,36,37)/t20?,21?,22-,25+/m0/s1. The van der Waals surface area contributed by atoms with Gasteiger partial charge in [0.1, 0.15) is 29.0 Å². The molecule has 0 spiro atoms. The summed E-state index contributed by atoms with van der Waals surface area (Å²) < 4.78 is 4.49. The number of amides is 3. The van der Waals surface area contributed by atoms with Crippen molar-refractivity contribution in [3.63, 3.8) is 0 Å². The minimum Gasteiger partial charge on any atom is -0.497 e. The Kier molecular flexibility index (Phi) is 7.86. The Bertz CT molecular complexity index is 1300. The number of benzene rings is 2. The molecule has 11 nitrogen and oxygen atoms in total. The van der Waals surface area contributed by atoms with Crippen molar-refractivity contribution in [3.8, 4) is 5.75 Å². The van der Waals surface area contributed by atoms with E-state index in [1.54, 1.807) is 69.5 Å². The molecule has 0 aromatic heterocycles. The molecule has 2 aromatic rings. The number of ether oxygens (including phenoxy) is 1. The summed E-state index contributed by atoms with van der Waals surface area (Å²) in [5, 5.41) is 21.4. The number of hydrazine groups is 1. The van der Waals surface area contributed by atoms with Crippen molar-refractivity contribution in [1.82, 2.24) is 20.7 Å². The Morgan fingerprint density at radius 2 is 1.87 bits per heavy atom. The third kappa shape index (κ3) is 5.56. The van der Waals surface area contributed by atoms with Crippen LogP contribution in [0.4, 0.5) is 0 Å². The van der Waals surface area contributed by atoms with Crippen molar-refractivity contribution in [1.29, 1.82) is 5.41 Å². The lowest BCUT2D eigenvalue weighted by atomic mass is 9.95. The summed E-state index contributed by atoms with van der Waals surface area (Å²) in [5.41, 5.74) is 4.01. The molecular weight excluding hydrogens is 522 g/mol. The van der Waals surface area contributed by atoms with Crippen LogP contribution in [0.1, 0.15) is 37.9 Å². The fraction of sp³-hybridized carbons (Fsp3) is 0.370. The number of nitrogens with zero attached hydrogens (tertiary/aromatic N) is 2. The van der Waals surface area contributed by atoms with Crippen LogP contribution < -0.4 is 15.5 Å². The number of β-lactam (4-membered cyclic amide) rings is 1. The van der Waals surface area contributed by atoms with E-state index in [2.05, 4.69) is 10.7 Å². The van der Waals surface area contributed by atoms with Gasteiger partial charge in [-0.2, -0.15) is 0 Å². The summed E-state index contributed by atoms with van der Waals surface area (Å²) in [6.45, 7) is 4.78. The highest BCUT2D eigenvalue weighted by molar-refractivity contribution is 8.01. The van der Waals surface area contributed by atoms with Gasteiger partial charge in [-0.3, -0.25) is 25.2 Å². The van der Waals surface area contributed by atoms with Gasteiger partial charge in [0.15, 0.2) is 6.04 Å². The lowest BCUT2D eigenvalue weighted by Crippen LogP contribution is -2.71. The predicted molar refractivity (Wildman–Crippen MR) is 145 cm³/mol. The Labute approximate surface area is 230 Å². The average molecular weight is 554 g/mol. The molecular formula is C27H31N5O6S. The summed E-state index contributed by atoms with van der Waals surface area (Å²) in [5.74, 6) is -2.14. The van der Waals surface area contributed by atoms with Crippen molar-refractivity contribution in [2.75, 3.05) is 7.11 Å². The quantitative estimate of drug-likeness (QED) is 0.168. The van der Waals surface area contributed by atoms with Gasteiger partial charge in [-0.15, -0.1) is 11.8 Å². The van der Waals surface area contributed by atoms with E-state index >= 15 is 0 Å². The molecule has 2 aliphatic rings. The number of fused-ring (bicyclic) bond motifs is 1. The van der Waals surface area contributed by atoms with Crippen LogP contribution >= 0.6 is 11.8 Å². The number of carbonyl (C=O) groups excluding carboxylic acids is 3. The number of hydrogen-bond acceptors (Lipinski definition) is 7. The summed E-state index contributed by atoms with van der Waals surface area (Å²) in [6, 6.07) is 12.6. The maximum atomic E-state index is 13.7. The molecule has 0 aliphatic carbocycles. The molecule has 0 saturated carbocycles. The van der Waals surface area contributed by atoms with Crippen LogP contribution in [0, 0.1) is 5.41 Å². The van der Waals surface area contributed by atoms with Crippen molar-refractivity contribution in [3.05, 3.63) is 65.7 Å². The highest BCUT2D eigenvalue weighted by Crippen LogP contribution is 2.50. The molecule has 2 aromatic carbocycles. The summed E-state index contributed by atoms with van der Waals surface area (Å²) >= 11 is 1.31. The van der Waals surface area contributed by atoms with E-state index in [0.717, 1.165) is 10.6 Å². The highest BCUT2D eigenvalue weighted by atomic mass is 32.2. The molecule has 4 rings (SSSR count). The lowest BCUT2D eigenvalue weighted by molar-refractivity contribution is -0.161. The number of amidine groups is 1. The van der Waals surface area contributed by atoms with Crippen LogP contribution in [0.3, 0.4) is 0 Å². The van der Waals surface area contributed by atoms with Crippen molar-refractivity contribution in [2.45, 2.75) is 55.4 Å². The van der Waals surface area contributed by atoms with Crippen LogP contribution in [-0.4, -0.2) is 73.9 Å². The number of methoxy groups -OCH3 is 1. The number of carbonyl (C=O) groups is 4. The molecule has 2 saturated heterocycles. The zero-order chi connectivity index (χ0) is 28.5. The van der Waals surface area contributed by atoms with E-state index in [-0.39, 0.29) is 12.3 Å². The molecule has 0 radical (unpaired) electrons. The Hall–Kier alpha value is -4.06. The molecule has 206 valence electrons. The first-order valence-electron chi connectivity index (χ1n) is 12.3. The van der Waals surface area contributed by atoms with Gasteiger partial charge >= 0.3 is 5.97 Å². The first-order chi connectivity index (χ1) is 18.4. The Morgan fingerprint density at radius 1 is 1.18 bits per heavy atom. The first kappa shape index (κ1) is 28.0. The fourth-order valence-corrected chi connectivity index (χ4v) is 6.55. The molecule has 2 unspecified atom stereocenters. The smallest absolute Gasteiger partial charge is 0.327 e. The number of thioether (sulfide) groups is 1. The van der Waals surface area contributed by atoms with Crippen molar-refractivity contribution < 1.29 is 29.0 Å². The van der Waals surface area contributed by atoms with Crippen LogP contribution in [0.5, 0.6) is 5.75 Å². The van der Waals surface area contributed by atoms with Gasteiger partial charge in [-0.25, -0.2) is 9.80 Å². The first-order valence-corrected chi connectivity index (χ1v) is 13.2. The second kappa shape index (κ2) is 11.0. The van der Waals surface area contributed by atoms with E-state index in [0.29, 0.717) is 11.3 Å².